The van der Waals surface area contributed by atoms with Crippen LogP contribution in [0, 0.1) is 5.92 Å². The second-order valence-corrected chi connectivity index (χ2v) is 6.25. The van der Waals surface area contributed by atoms with Crippen LogP contribution in [0.5, 0.6) is 0 Å². The molecule has 1 heterocycles. The Morgan fingerprint density at radius 3 is 2.87 bits per heavy atom. The first-order valence-corrected chi connectivity index (χ1v) is 7.45. The third kappa shape index (κ3) is 5.49. The maximum Gasteiger partial charge on any atom is 0.150 e. The zero-order valence-corrected chi connectivity index (χ0v) is 10.2. The molecule has 1 atom stereocenters. The molecule has 0 aliphatic carbocycles. The Morgan fingerprint density at radius 2 is 2.27 bits per heavy atom. The van der Waals surface area contributed by atoms with Crippen molar-refractivity contribution in [2.45, 2.75) is 19.8 Å². The van der Waals surface area contributed by atoms with Gasteiger partial charge in [0.05, 0.1) is 11.5 Å². The van der Waals surface area contributed by atoms with E-state index in [0.717, 1.165) is 39.1 Å². The van der Waals surface area contributed by atoms with Crippen LogP contribution in [-0.2, 0) is 14.6 Å². The van der Waals surface area contributed by atoms with Gasteiger partial charge in [-0.05, 0) is 38.8 Å². The molecule has 1 rings (SSSR count). The van der Waals surface area contributed by atoms with Gasteiger partial charge in [0.2, 0.25) is 0 Å². The van der Waals surface area contributed by atoms with E-state index in [4.69, 9.17) is 4.74 Å². The Hall–Kier alpha value is -0.130. The van der Waals surface area contributed by atoms with Crippen LogP contribution < -0.4 is 5.32 Å². The Bertz CT molecular complexity index is 264. The number of ether oxygens (including phenoxy) is 1. The van der Waals surface area contributed by atoms with Crippen molar-refractivity contribution >= 4 is 9.84 Å². The summed E-state index contributed by atoms with van der Waals surface area (Å²) in [7, 11) is -2.71. The lowest BCUT2D eigenvalue weighted by molar-refractivity contribution is 0.144. The molecule has 1 N–H and O–H groups in total. The summed E-state index contributed by atoms with van der Waals surface area (Å²) in [6, 6.07) is 0. The van der Waals surface area contributed by atoms with Crippen molar-refractivity contribution in [1.82, 2.24) is 5.32 Å². The normalized spacial score (nSPS) is 24.5. The van der Waals surface area contributed by atoms with Crippen molar-refractivity contribution in [3.63, 3.8) is 0 Å². The number of hydrogen-bond acceptors (Lipinski definition) is 4. The number of sulfone groups is 1. The lowest BCUT2D eigenvalue weighted by Crippen LogP contribution is -2.25. The SMILES string of the molecule is CCOCCCNCC1CCS(=O)(=O)C1. The number of hydrogen-bond donors (Lipinski definition) is 1. The fourth-order valence-corrected chi connectivity index (χ4v) is 3.64. The highest BCUT2D eigenvalue weighted by molar-refractivity contribution is 7.91. The summed E-state index contributed by atoms with van der Waals surface area (Å²) >= 11 is 0. The molecule has 1 saturated heterocycles. The lowest BCUT2D eigenvalue weighted by Gasteiger charge is -2.09. The Kier molecular flexibility index (Phi) is 5.56. The predicted octanol–water partition coefficient (Wildman–Crippen LogP) is 0.437. The van der Waals surface area contributed by atoms with Crippen LogP contribution in [0.3, 0.4) is 0 Å². The minimum absolute atomic E-state index is 0.321. The van der Waals surface area contributed by atoms with E-state index in [-0.39, 0.29) is 0 Å². The second kappa shape index (κ2) is 6.45. The van der Waals surface area contributed by atoms with Gasteiger partial charge in [0.15, 0.2) is 9.84 Å². The van der Waals surface area contributed by atoms with Crippen LogP contribution in [0.4, 0.5) is 0 Å². The molecule has 0 aromatic carbocycles. The van der Waals surface area contributed by atoms with E-state index >= 15 is 0 Å². The van der Waals surface area contributed by atoms with Gasteiger partial charge < -0.3 is 10.1 Å². The van der Waals surface area contributed by atoms with Crippen molar-refractivity contribution in [3.8, 4) is 0 Å². The van der Waals surface area contributed by atoms with E-state index < -0.39 is 9.84 Å². The lowest BCUT2D eigenvalue weighted by atomic mass is 10.1. The smallest absolute Gasteiger partial charge is 0.150 e. The van der Waals surface area contributed by atoms with E-state index in [1.165, 1.54) is 0 Å². The molecule has 1 fully saturated rings. The fourth-order valence-electron chi connectivity index (χ4n) is 1.78. The zero-order chi connectivity index (χ0) is 11.1. The highest BCUT2D eigenvalue weighted by Crippen LogP contribution is 2.17. The van der Waals surface area contributed by atoms with Gasteiger partial charge in [-0.15, -0.1) is 0 Å². The van der Waals surface area contributed by atoms with Gasteiger partial charge in [-0.3, -0.25) is 0 Å². The molecule has 0 bridgehead atoms. The van der Waals surface area contributed by atoms with E-state index in [9.17, 15) is 8.42 Å². The molecule has 0 spiro atoms. The maximum absolute atomic E-state index is 11.2. The van der Waals surface area contributed by atoms with Crippen LogP contribution >= 0.6 is 0 Å². The second-order valence-electron chi connectivity index (χ2n) is 4.02. The third-order valence-corrected chi connectivity index (χ3v) is 4.44. The molecule has 4 nitrogen and oxygen atoms in total. The molecule has 5 heteroatoms. The maximum atomic E-state index is 11.2. The minimum atomic E-state index is -2.71. The minimum Gasteiger partial charge on any atom is -0.382 e. The van der Waals surface area contributed by atoms with Gasteiger partial charge in [-0.2, -0.15) is 0 Å². The monoisotopic (exact) mass is 235 g/mol. The summed E-state index contributed by atoms with van der Waals surface area (Å²) in [5, 5.41) is 3.28. The topological polar surface area (TPSA) is 55.4 Å². The van der Waals surface area contributed by atoms with E-state index in [0.29, 0.717) is 17.4 Å². The van der Waals surface area contributed by atoms with Crippen molar-refractivity contribution in [2.75, 3.05) is 37.8 Å². The van der Waals surface area contributed by atoms with Gasteiger partial charge in [0, 0.05) is 13.2 Å². The standard InChI is InChI=1S/C10H21NO3S/c1-2-14-6-3-5-11-8-10-4-7-15(12,13)9-10/h10-11H,2-9H2,1H3. The van der Waals surface area contributed by atoms with Crippen molar-refractivity contribution in [1.29, 1.82) is 0 Å². The van der Waals surface area contributed by atoms with Crippen LogP contribution in [0.1, 0.15) is 19.8 Å². The first-order chi connectivity index (χ1) is 7.14. The summed E-state index contributed by atoms with van der Waals surface area (Å²) in [6.07, 6.45) is 1.81. The molecular formula is C10H21NO3S. The molecule has 0 aromatic heterocycles. The fraction of sp³-hybridized carbons (Fsp3) is 1.00. The highest BCUT2D eigenvalue weighted by Gasteiger charge is 2.27. The average Bonchev–Trinajstić information content (AvgIpc) is 2.52. The van der Waals surface area contributed by atoms with Crippen molar-refractivity contribution < 1.29 is 13.2 Å². The van der Waals surface area contributed by atoms with Crippen LogP contribution in [0.15, 0.2) is 0 Å². The summed E-state index contributed by atoms with van der Waals surface area (Å²) in [4.78, 5) is 0. The number of rotatable bonds is 7. The molecular weight excluding hydrogens is 214 g/mol. The van der Waals surface area contributed by atoms with Crippen LogP contribution in [0.2, 0.25) is 0 Å². The molecule has 90 valence electrons. The molecule has 0 aromatic rings. The average molecular weight is 235 g/mol. The summed E-state index contributed by atoms with van der Waals surface area (Å²) < 4.78 is 27.5. The summed E-state index contributed by atoms with van der Waals surface area (Å²) in [5.74, 6) is 1.06. The molecule has 15 heavy (non-hydrogen) atoms. The summed E-state index contributed by atoms with van der Waals surface area (Å²) in [6.45, 7) is 5.27. The zero-order valence-electron chi connectivity index (χ0n) is 9.37. The number of nitrogens with one attached hydrogen (secondary N) is 1. The van der Waals surface area contributed by atoms with Crippen LogP contribution in [-0.4, -0.2) is 46.2 Å². The first kappa shape index (κ1) is 12.9. The van der Waals surface area contributed by atoms with Gasteiger partial charge in [0.25, 0.3) is 0 Å². The Balaban J connectivity index is 1.97. The van der Waals surface area contributed by atoms with E-state index in [2.05, 4.69) is 5.32 Å². The molecule has 0 amide bonds. The summed E-state index contributed by atoms with van der Waals surface area (Å²) in [5.41, 5.74) is 0. The Labute approximate surface area is 92.3 Å². The quantitative estimate of drug-likeness (QED) is 0.651. The third-order valence-electron chi connectivity index (χ3n) is 2.61. The largest absolute Gasteiger partial charge is 0.382 e. The molecule has 1 aliphatic heterocycles. The molecule has 0 saturated carbocycles. The van der Waals surface area contributed by atoms with Gasteiger partial charge in [-0.25, -0.2) is 8.42 Å². The van der Waals surface area contributed by atoms with Gasteiger partial charge in [-0.1, -0.05) is 0 Å². The molecule has 0 radical (unpaired) electrons. The molecule has 1 unspecified atom stereocenters. The van der Waals surface area contributed by atoms with Gasteiger partial charge >= 0.3 is 0 Å². The predicted molar refractivity (Wildman–Crippen MR) is 60.7 cm³/mol. The van der Waals surface area contributed by atoms with Crippen molar-refractivity contribution in [3.05, 3.63) is 0 Å². The van der Waals surface area contributed by atoms with E-state index in [1.54, 1.807) is 0 Å². The van der Waals surface area contributed by atoms with Gasteiger partial charge in [0.1, 0.15) is 0 Å². The molecule has 1 aliphatic rings. The van der Waals surface area contributed by atoms with Crippen molar-refractivity contribution in [2.24, 2.45) is 5.92 Å². The first-order valence-electron chi connectivity index (χ1n) is 5.63. The van der Waals surface area contributed by atoms with E-state index in [1.807, 2.05) is 6.92 Å². The Morgan fingerprint density at radius 1 is 1.47 bits per heavy atom. The van der Waals surface area contributed by atoms with Crippen LogP contribution in [0.25, 0.3) is 0 Å². The highest BCUT2D eigenvalue weighted by atomic mass is 32.2.